The summed E-state index contributed by atoms with van der Waals surface area (Å²) in [5.74, 6) is 0.0806. The van der Waals surface area contributed by atoms with Crippen molar-refractivity contribution in [1.82, 2.24) is 10.1 Å². The van der Waals surface area contributed by atoms with Crippen molar-refractivity contribution in [2.75, 3.05) is 20.3 Å². The molecule has 0 aliphatic rings. The van der Waals surface area contributed by atoms with Gasteiger partial charge in [-0.25, -0.2) is 0 Å². The number of carbonyl (C=O) groups excluding carboxylic acids is 1. The zero-order valence-corrected chi connectivity index (χ0v) is 10.9. The lowest BCUT2D eigenvalue weighted by Gasteiger charge is -2.20. The van der Waals surface area contributed by atoms with Crippen LogP contribution in [-0.2, 0) is 11.3 Å². The lowest BCUT2D eigenvalue weighted by Crippen LogP contribution is -2.33. The minimum absolute atomic E-state index is 0.171. The highest BCUT2D eigenvalue weighted by Gasteiger charge is 2.19. The normalized spacial score (nSPS) is 10.5. The maximum absolute atomic E-state index is 12.2. The van der Waals surface area contributed by atoms with Gasteiger partial charge in [0.05, 0.1) is 12.8 Å². The maximum atomic E-state index is 12.2. The van der Waals surface area contributed by atoms with Crippen molar-refractivity contribution in [2.45, 2.75) is 6.54 Å². The van der Waals surface area contributed by atoms with Crippen LogP contribution in [0.1, 0.15) is 16.1 Å². The van der Waals surface area contributed by atoms with E-state index in [4.69, 9.17) is 9.26 Å². The summed E-state index contributed by atoms with van der Waals surface area (Å²) in [6.45, 7) is 1.56. The third-order valence-electron chi connectivity index (χ3n) is 2.45. The molecule has 0 unspecified atom stereocenters. The fourth-order valence-corrected chi connectivity index (χ4v) is 2.20. The van der Waals surface area contributed by atoms with Gasteiger partial charge in [0.15, 0.2) is 0 Å². The van der Waals surface area contributed by atoms with Gasteiger partial charge in [-0.2, -0.15) is 11.3 Å². The standard InChI is InChI=1S/C12H14N2O3S/c1-16-6-5-14(8-10-3-7-18-9-10)12(15)11-2-4-13-17-11/h2-4,7,9H,5-6,8H2,1H3. The van der Waals surface area contributed by atoms with E-state index in [1.54, 1.807) is 29.4 Å². The zero-order chi connectivity index (χ0) is 12.8. The minimum atomic E-state index is -0.171. The van der Waals surface area contributed by atoms with Crippen molar-refractivity contribution in [3.05, 3.63) is 40.4 Å². The molecular weight excluding hydrogens is 252 g/mol. The molecule has 0 bridgehead atoms. The molecule has 0 saturated carbocycles. The zero-order valence-electron chi connectivity index (χ0n) is 10.0. The third-order valence-corrected chi connectivity index (χ3v) is 3.19. The summed E-state index contributed by atoms with van der Waals surface area (Å²) in [6.07, 6.45) is 1.46. The van der Waals surface area contributed by atoms with Gasteiger partial charge in [-0.05, 0) is 22.4 Å². The number of hydrogen-bond acceptors (Lipinski definition) is 5. The van der Waals surface area contributed by atoms with Crippen LogP contribution in [0.25, 0.3) is 0 Å². The second-order valence-electron chi connectivity index (χ2n) is 3.73. The van der Waals surface area contributed by atoms with E-state index in [-0.39, 0.29) is 11.7 Å². The van der Waals surface area contributed by atoms with E-state index in [1.807, 2.05) is 16.8 Å². The van der Waals surface area contributed by atoms with Crippen LogP contribution in [0, 0.1) is 0 Å². The summed E-state index contributed by atoms with van der Waals surface area (Å²) in [6, 6.07) is 3.56. The molecule has 0 atom stereocenters. The monoisotopic (exact) mass is 266 g/mol. The van der Waals surface area contributed by atoms with Crippen molar-refractivity contribution < 1.29 is 14.1 Å². The molecule has 2 rings (SSSR count). The fourth-order valence-electron chi connectivity index (χ4n) is 1.54. The lowest BCUT2D eigenvalue weighted by molar-refractivity contribution is 0.0640. The molecule has 0 aliphatic heterocycles. The van der Waals surface area contributed by atoms with Crippen LogP contribution in [0.3, 0.4) is 0 Å². The molecule has 0 spiro atoms. The van der Waals surface area contributed by atoms with E-state index in [1.165, 1.54) is 6.20 Å². The van der Waals surface area contributed by atoms with Crippen LogP contribution in [0.2, 0.25) is 0 Å². The molecule has 96 valence electrons. The van der Waals surface area contributed by atoms with Gasteiger partial charge in [-0.15, -0.1) is 0 Å². The molecule has 2 heterocycles. The quantitative estimate of drug-likeness (QED) is 0.802. The van der Waals surface area contributed by atoms with Crippen molar-refractivity contribution in [2.24, 2.45) is 0 Å². The largest absolute Gasteiger partial charge is 0.383 e. The van der Waals surface area contributed by atoms with Gasteiger partial charge in [0.2, 0.25) is 5.76 Å². The van der Waals surface area contributed by atoms with Crippen LogP contribution < -0.4 is 0 Å². The molecular formula is C12H14N2O3S. The minimum Gasteiger partial charge on any atom is -0.383 e. The summed E-state index contributed by atoms with van der Waals surface area (Å²) in [5.41, 5.74) is 1.10. The molecule has 0 aromatic carbocycles. The molecule has 1 amide bonds. The van der Waals surface area contributed by atoms with Gasteiger partial charge in [-0.3, -0.25) is 4.79 Å². The first-order chi connectivity index (χ1) is 8.81. The number of amides is 1. The number of carbonyl (C=O) groups is 1. The summed E-state index contributed by atoms with van der Waals surface area (Å²) in [4.78, 5) is 13.9. The van der Waals surface area contributed by atoms with Crippen molar-refractivity contribution in [3.63, 3.8) is 0 Å². The smallest absolute Gasteiger partial charge is 0.292 e. The van der Waals surface area contributed by atoms with E-state index < -0.39 is 0 Å². The first-order valence-corrected chi connectivity index (χ1v) is 6.45. The first-order valence-electron chi connectivity index (χ1n) is 5.51. The molecule has 6 heteroatoms. The van der Waals surface area contributed by atoms with Gasteiger partial charge in [0, 0.05) is 26.3 Å². The summed E-state index contributed by atoms with van der Waals surface area (Å²) >= 11 is 1.61. The van der Waals surface area contributed by atoms with E-state index in [9.17, 15) is 4.79 Å². The molecule has 0 fully saturated rings. The second-order valence-corrected chi connectivity index (χ2v) is 4.51. The highest BCUT2D eigenvalue weighted by molar-refractivity contribution is 7.07. The molecule has 2 aromatic rings. The average Bonchev–Trinajstić information content (AvgIpc) is 3.06. The van der Waals surface area contributed by atoms with Crippen LogP contribution in [0.15, 0.2) is 33.6 Å². The Kier molecular flexibility index (Phi) is 4.49. The van der Waals surface area contributed by atoms with Crippen LogP contribution >= 0.6 is 11.3 Å². The Morgan fingerprint density at radius 2 is 2.44 bits per heavy atom. The Morgan fingerprint density at radius 1 is 1.56 bits per heavy atom. The van der Waals surface area contributed by atoms with E-state index >= 15 is 0 Å². The van der Waals surface area contributed by atoms with Crippen LogP contribution in [0.4, 0.5) is 0 Å². The first kappa shape index (κ1) is 12.8. The van der Waals surface area contributed by atoms with Crippen LogP contribution in [0.5, 0.6) is 0 Å². The lowest BCUT2D eigenvalue weighted by atomic mass is 10.3. The van der Waals surface area contributed by atoms with Gasteiger partial charge >= 0.3 is 0 Å². The Bertz CT molecular complexity index is 467. The Labute approximate surface area is 109 Å². The predicted molar refractivity (Wildman–Crippen MR) is 67.4 cm³/mol. The second kappa shape index (κ2) is 6.32. The number of aromatic nitrogens is 1. The topological polar surface area (TPSA) is 55.6 Å². The predicted octanol–water partition coefficient (Wildman–Crippen LogP) is 2.02. The van der Waals surface area contributed by atoms with Gasteiger partial charge in [0.1, 0.15) is 0 Å². The van der Waals surface area contributed by atoms with Crippen molar-refractivity contribution >= 4 is 17.2 Å². The van der Waals surface area contributed by atoms with E-state index in [2.05, 4.69) is 5.16 Å². The number of thiophene rings is 1. The number of ether oxygens (including phenoxy) is 1. The average molecular weight is 266 g/mol. The highest BCUT2D eigenvalue weighted by Crippen LogP contribution is 2.12. The molecule has 0 saturated heterocycles. The Morgan fingerprint density at radius 3 is 3.06 bits per heavy atom. The number of hydrogen-bond donors (Lipinski definition) is 0. The summed E-state index contributed by atoms with van der Waals surface area (Å²) in [7, 11) is 1.61. The van der Waals surface area contributed by atoms with Crippen LogP contribution in [-0.4, -0.2) is 36.2 Å². The summed E-state index contributed by atoms with van der Waals surface area (Å²) < 4.78 is 9.92. The molecule has 0 radical (unpaired) electrons. The number of nitrogens with zero attached hydrogens (tertiary/aromatic N) is 2. The number of rotatable bonds is 6. The van der Waals surface area contributed by atoms with E-state index in [0.29, 0.717) is 19.7 Å². The molecule has 0 N–H and O–H groups in total. The molecule has 2 aromatic heterocycles. The number of methoxy groups -OCH3 is 1. The SMILES string of the molecule is COCCN(Cc1ccsc1)C(=O)c1ccno1. The fraction of sp³-hybridized carbons (Fsp3) is 0.333. The molecule has 0 aliphatic carbocycles. The van der Waals surface area contributed by atoms with E-state index in [0.717, 1.165) is 5.56 Å². The maximum Gasteiger partial charge on any atom is 0.292 e. The highest BCUT2D eigenvalue weighted by atomic mass is 32.1. The third kappa shape index (κ3) is 3.18. The van der Waals surface area contributed by atoms with Crippen molar-refractivity contribution in [3.8, 4) is 0 Å². The summed E-state index contributed by atoms with van der Waals surface area (Å²) in [5, 5.41) is 7.56. The Balaban J connectivity index is 2.07. The molecule has 5 nitrogen and oxygen atoms in total. The van der Waals surface area contributed by atoms with Gasteiger partial charge in [-0.1, -0.05) is 5.16 Å². The molecule has 18 heavy (non-hydrogen) atoms. The van der Waals surface area contributed by atoms with Gasteiger partial charge in [0.25, 0.3) is 5.91 Å². The van der Waals surface area contributed by atoms with Crippen molar-refractivity contribution in [1.29, 1.82) is 0 Å². The Hall–Kier alpha value is -1.66. The van der Waals surface area contributed by atoms with Gasteiger partial charge < -0.3 is 14.2 Å².